The van der Waals surface area contributed by atoms with Crippen molar-refractivity contribution in [1.82, 2.24) is 9.80 Å². The summed E-state index contributed by atoms with van der Waals surface area (Å²) in [4.78, 5) is 9.35. The molecule has 0 amide bonds. The third kappa shape index (κ3) is 3.59. The third-order valence-electron chi connectivity index (χ3n) is 4.50. The van der Waals surface area contributed by atoms with Gasteiger partial charge in [-0.2, -0.15) is 11.8 Å². The van der Waals surface area contributed by atoms with Crippen LogP contribution >= 0.6 is 11.8 Å². The normalized spacial score (nSPS) is 33.0. The van der Waals surface area contributed by atoms with Crippen LogP contribution in [0.4, 0.5) is 0 Å². The summed E-state index contributed by atoms with van der Waals surface area (Å²) in [5.74, 6) is 3.02. The fourth-order valence-electron chi connectivity index (χ4n) is 3.25. The van der Waals surface area contributed by atoms with E-state index in [0.29, 0.717) is 18.5 Å². The van der Waals surface area contributed by atoms with Crippen molar-refractivity contribution in [2.24, 2.45) is 10.7 Å². The first-order valence-electron chi connectivity index (χ1n) is 7.81. The van der Waals surface area contributed by atoms with E-state index in [2.05, 4.69) is 14.8 Å². The zero-order valence-electron chi connectivity index (χ0n) is 12.2. The predicted octanol–water partition coefficient (Wildman–Crippen LogP) is 0.603. The number of morpholine rings is 1. The van der Waals surface area contributed by atoms with Crippen molar-refractivity contribution in [1.29, 1.82) is 0 Å². The summed E-state index contributed by atoms with van der Waals surface area (Å²) >= 11 is 1.99. The number of nitrogens with zero attached hydrogens (tertiary/aromatic N) is 3. The summed E-state index contributed by atoms with van der Waals surface area (Å²) in [5, 5.41) is 0. The Labute approximate surface area is 125 Å². The molecular formula is C14H26N4OS. The molecule has 0 unspecified atom stereocenters. The summed E-state index contributed by atoms with van der Waals surface area (Å²) in [5.41, 5.74) is 6.09. The zero-order valence-corrected chi connectivity index (χ0v) is 13.0. The Kier molecular flexibility index (Phi) is 5.07. The van der Waals surface area contributed by atoms with Crippen LogP contribution in [0.1, 0.15) is 19.3 Å². The van der Waals surface area contributed by atoms with E-state index in [4.69, 9.17) is 10.5 Å². The van der Waals surface area contributed by atoms with Crippen molar-refractivity contribution < 1.29 is 4.74 Å². The molecule has 0 aromatic carbocycles. The molecule has 3 rings (SSSR count). The molecule has 0 spiro atoms. The van der Waals surface area contributed by atoms with Gasteiger partial charge in [0.2, 0.25) is 0 Å². The largest absolute Gasteiger partial charge is 0.373 e. The van der Waals surface area contributed by atoms with Crippen molar-refractivity contribution in [2.45, 2.75) is 31.4 Å². The highest BCUT2D eigenvalue weighted by Gasteiger charge is 2.30. The van der Waals surface area contributed by atoms with Gasteiger partial charge in [0.25, 0.3) is 0 Å². The summed E-state index contributed by atoms with van der Waals surface area (Å²) < 4.78 is 5.96. The van der Waals surface area contributed by atoms with Crippen LogP contribution in [0.2, 0.25) is 0 Å². The van der Waals surface area contributed by atoms with Crippen molar-refractivity contribution in [3.05, 3.63) is 0 Å². The van der Waals surface area contributed by atoms with Gasteiger partial charge in [0.1, 0.15) is 0 Å². The van der Waals surface area contributed by atoms with Crippen molar-refractivity contribution in [3.8, 4) is 0 Å². The highest BCUT2D eigenvalue weighted by Crippen LogP contribution is 2.22. The van der Waals surface area contributed by atoms with Gasteiger partial charge in [0.05, 0.1) is 19.3 Å². The molecule has 3 fully saturated rings. The van der Waals surface area contributed by atoms with E-state index >= 15 is 0 Å². The average molecular weight is 298 g/mol. The third-order valence-corrected chi connectivity index (χ3v) is 5.45. The van der Waals surface area contributed by atoms with Crippen molar-refractivity contribution in [3.63, 3.8) is 0 Å². The Bertz CT molecular complexity index is 346. The molecular weight excluding hydrogens is 272 g/mol. The number of hydrogen-bond acceptors (Lipinski definition) is 4. The van der Waals surface area contributed by atoms with Crippen LogP contribution < -0.4 is 5.73 Å². The number of ether oxygens (including phenoxy) is 1. The lowest BCUT2D eigenvalue weighted by atomic mass is 10.0. The maximum atomic E-state index is 6.09. The van der Waals surface area contributed by atoms with Gasteiger partial charge < -0.3 is 15.4 Å². The topological polar surface area (TPSA) is 54.1 Å². The lowest BCUT2D eigenvalue weighted by Gasteiger charge is -2.42. The second-order valence-corrected chi connectivity index (χ2v) is 7.12. The fourth-order valence-corrected chi connectivity index (χ4v) is 4.15. The Balaban J connectivity index is 1.48. The molecule has 2 atom stereocenters. The molecule has 0 bridgehead atoms. The van der Waals surface area contributed by atoms with E-state index in [1.54, 1.807) is 0 Å². The molecule has 0 aliphatic carbocycles. The molecule has 3 aliphatic rings. The first kappa shape index (κ1) is 14.5. The molecule has 0 aromatic heterocycles. The number of piperidine rings is 1. The minimum Gasteiger partial charge on any atom is -0.373 e. The van der Waals surface area contributed by atoms with Crippen LogP contribution in [-0.2, 0) is 4.74 Å². The molecule has 0 radical (unpaired) electrons. The molecule has 3 aliphatic heterocycles. The van der Waals surface area contributed by atoms with Gasteiger partial charge in [0.15, 0.2) is 5.96 Å². The molecule has 0 aromatic rings. The Hall–Kier alpha value is -0.460. The van der Waals surface area contributed by atoms with Crippen LogP contribution in [0.5, 0.6) is 0 Å². The van der Waals surface area contributed by atoms with Crippen LogP contribution in [0.25, 0.3) is 0 Å². The predicted molar refractivity (Wildman–Crippen MR) is 84.3 cm³/mol. The van der Waals surface area contributed by atoms with E-state index in [1.807, 2.05) is 11.8 Å². The van der Waals surface area contributed by atoms with Crippen LogP contribution in [0.3, 0.4) is 0 Å². The number of aliphatic imine (C=N–C) groups is 1. The lowest BCUT2D eigenvalue weighted by molar-refractivity contribution is -0.0702. The van der Waals surface area contributed by atoms with Gasteiger partial charge >= 0.3 is 0 Å². The minimum atomic E-state index is 0.224. The zero-order chi connectivity index (χ0) is 13.8. The molecule has 2 N–H and O–H groups in total. The molecule has 20 heavy (non-hydrogen) atoms. The molecule has 114 valence electrons. The summed E-state index contributed by atoms with van der Waals surface area (Å²) in [7, 11) is 0. The number of rotatable bonds is 2. The SMILES string of the molecule is NC(=NC[C@@H]1CN2CCCC[C@H]2CO1)N1CCSCC1. The van der Waals surface area contributed by atoms with Crippen LogP contribution in [-0.4, -0.2) is 78.7 Å². The molecule has 6 heteroatoms. The van der Waals surface area contributed by atoms with Gasteiger partial charge in [-0.15, -0.1) is 0 Å². The van der Waals surface area contributed by atoms with Gasteiger partial charge in [0, 0.05) is 37.2 Å². The van der Waals surface area contributed by atoms with E-state index < -0.39 is 0 Å². The Morgan fingerprint density at radius 1 is 1.25 bits per heavy atom. The average Bonchev–Trinajstić information content (AvgIpc) is 2.53. The van der Waals surface area contributed by atoms with Gasteiger partial charge in [-0.3, -0.25) is 9.89 Å². The Morgan fingerprint density at radius 3 is 2.95 bits per heavy atom. The summed E-state index contributed by atoms with van der Waals surface area (Å²) in [6.45, 7) is 5.89. The van der Waals surface area contributed by atoms with E-state index in [1.165, 1.54) is 25.8 Å². The minimum absolute atomic E-state index is 0.224. The van der Waals surface area contributed by atoms with E-state index in [0.717, 1.165) is 37.7 Å². The van der Waals surface area contributed by atoms with Crippen LogP contribution in [0.15, 0.2) is 4.99 Å². The standard InChI is InChI=1S/C14H26N4OS/c15-14(17-5-7-20-8-6-17)16-9-13-10-18-4-2-1-3-12(18)11-19-13/h12-13H,1-11H2,(H2,15,16)/t12-,13+/m0/s1. The number of thioether (sulfide) groups is 1. The quantitative estimate of drug-likeness (QED) is 0.598. The van der Waals surface area contributed by atoms with Gasteiger partial charge in [-0.1, -0.05) is 6.42 Å². The second kappa shape index (κ2) is 7.00. The monoisotopic (exact) mass is 298 g/mol. The first-order chi connectivity index (χ1) is 9.83. The van der Waals surface area contributed by atoms with Gasteiger partial charge in [-0.25, -0.2) is 0 Å². The number of fused-ring (bicyclic) bond motifs is 1. The number of hydrogen-bond donors (Lipinski definition) is 1. The number of guanidine groups is 1. The molecule has 3 heterocycles. The maximum absolute atomic E-state index is 6.09. The highest BCUT2D eigenvalue weighted by molar-refractivity contribution is 7.99. The molecule has 5 nitrogen and oxygen atoms in total. The second-order valence-electron chi connectivity index (χ2n) is 5.90. The smallest absolute Gasteiger partial charge is 0.191 e. The van der Waals surface area contributed by atoms with Gasteiger partial charge in [-0.05, 0) is 19.4 Å². The highest BCUT2D eigenvalue weighted by atomic mass is 32.2. The molecule has 0 saturated carbocycles. The first-order valence-corrected chi connectivity index (χ1v) is 8.96. The lowest BCUT2D eigenvalue weighted by Crippen LogP contribution is -2.52. The molecule has 3 saturated heterocycles. The fraction of sp³-hybridized carbons (Fsp3) is 0.929. The van der Waals surface area contributed by atoms with E-state index in [-0.39, 0.29) is 6.10 Å². The van der Waals surface area contributed by atoms with E-state index in [9.17, 15) is 0 Å². The Morgan fingerprint density at radius 2 is 2.10 bits per heavy atom. The van der Waals surface area contributed by atoms with Crippen molar-refractivity contribution >= 4 is 17.7 Å². The maximum Gasteiger partial charge on any atom is 0.191 e. The summed E-state index contributed by atoms with van der Waals surface area (Å²) in [6.07, 6.45) is 4.21. The number of nitrogens with two attached hydrogens (primary N) is 1. The van der Waals surface area contributed by atoms with Crippen molar-refractivity contribution in [2.75, 3.05) is 50.8 Å². The summed E-state index contributed by atoms with van der Waals surface area (Å²) in [6, 6.07) is 0.653. The van der Waals surface area contributed by atoms with Crippen LogP contribution in [0, 0.1) is 0 Å².